The number of Topliss-reactive ketones (excluding diaryl/α,β-unsaturated/α-hetero) is 1. The maximum atomic E-state index is 12.7. The summed E-state index contributed by atoms with van der Waals surface area (Å²) in [6.07, 6.45) is 14.3. The summed E-state index contributed by atoms with van der Waals surface area (Å²) in [5.74, 6) is 1.79. The third-order valence-corrected chi connectivity index (χ3v) is 9.84. The molecule has 0 bridgehead atoms. The fourth-order valence-corrected chi connectivity index (χ4v) is 8.06. The lowest BCUT2D eigenvalue weighted by molar-refractivity contribution is -0.239. The van der Waals surface area contributed by atoms with E-state index in [2.05, 4.69) is 13.0 Å². The molecule has 4 heteroatoms. The van der Waals surface area contributed by atoms with Crippen LogP contribution in [0.4, 0.5) is 0 Å². The van der Waals surface area contributed by atoms with Crippen LogP contribution >= 0.6 is 0 Å². The first-order chi connectivity index (χ1) is 13.9. The standard InChI is InChI=1S/C25H38O4/c1-23-13-10-21-19(20(23)7-8-22(23)27)6-5-17-15-18(26)9-14-24(17,21)16-29-25(28-2)11-3-4-12-25/h5,18-21,26H,3-4,6-16H2,1-2H3/t18-,19-,20-,21-,23-,24+/m0/s1. The first-order valence-corrected chi connectivity index (χ1v) is 12.0. The van der Waals surface area contributed by atoms with Gasteiger partial charge in [-0.2, -0.15) is 0 Å². The summed E-state index contributed by atoms with van der Waals surface area (Å²) in [6, 6.07) is 0. The highest BCUT2D eigenvalue weighted by Crippen LogP contribution is 2.64. The summed E-state index contributed by atoms with van der Waals surface area (Å²) in [7, 11) is 1.80. The van der Waals surface area contributed by atoms with Gasteiger partial charge in [0, 0.05) is 37.2 Å². The summed E-state index contributed by atoms with van der Waals surface area (Å²) in [6.45, 7) is 2.96. The molecule has 0 amide bonds. The number of fused-ring (bicyclic) bond motifs is 5. The van der Waals surface area contributed by atoms with Crippen molar-refractivity contribution in [3.05, 3.63) is 11.6 Å². The molecule has 4 saturated carbocycles. The van der Waals surface area contributed by atoms with E-state index in [0.717, 1.165) is 70.8 Å². The van der Waals surface area contributed by atoms with Gasteiger partial charge >= 0.3 is 0 Å². The number of allylic oxidation sites excluding steroid dienone is 1. The van der Waals surface area contributed by atoms with Crippen LogP contribution in [0.2, 0.25) is 0 Å². The molecule has 4 fully saturated rings. The van der Waals surface area contributed by atoms with Crippen molar-refractivity contribution >= 4 is 5.78 Å². The first kappa shape index (κ1) is 20.2. The molecule has 29 heavy (non-hydrogen) atoms. The molecule has 1 N–H and O–H groups in total. The molecule has 0 aromatic rings. The molecule has 5 aliphatic rings. The van der Waals surface area contributed by atoms with Crippen molar-refractivity contribution in [3.63, 3.8) is 0 Å². The highest BCUT2D eigenvalue weighted by atomic mass is 16.7. The van der Waals surface area contributed by atoms with Gasteiger partial charge in [0.25, 0.3) is 0 Å². The summed E-state index contributed by atoms with van der Waals surface area (Å²) < 4.78 is 12.6. The molecule has 0 saturated heterocycles. The monoisotopic (exact) mass is 402 g/mol. The minimum Gasteiger partial charge on any atom is -0.393 e. The van der Waals surface area contributed by atoms with Gasteiger partial charge in [-0.25, -0.2) is 0 Å². The van der Waals surface area contributed by atoms with Crippen LogP contribution in [0.5, 0.6) is 0 Å². The maximum Gasteiger partial charge on any atom is 0.167 e. The Morgan fingerprint density at radius 2 is 1.90 bits per heavy atom. The number of ketones is 1. The van der Waals surface area contributed by atoms with E-state index >= 15 is 0 Å². The zero-order valence-electron chi connectivity index (χ0n) is 18.3. The molecule has 0 aromatic heterocycles. The van der Waals surface area contributed by atoms with Gasteiger partial charge in [0.2, 0.25) is 0 Å². The summed E-state index contributed by atoms with van der Waals surface area (Å²) >= 11 is 0. The van der Waals surface area contributed by atoms with Crippen molar-refractivity contribution < 1.29 is 19.4 Å². The molecule has 5 rings (SSSR count). The molecule has 0 aromatic carbocycles. The van der Waals surface area contributed by atoms with Gasteiger partial charge in [-0.15, -0.1) is 0 Å². The summed E-state index contributed by atoms with van der Waals surface area (Å²) in [5, 5.41) is 10.4. The second-order valence-electron chi connectivity index (χ2n) is 10.9. The smallest absolute Gasteiger partial charge is 0.167 e. The normalized spacial score (nSPS) is 46.0. The van der Waals surface area contributed by atoms with Gasteiger partial charge in [0.05, 0.1) is 12.7 Å². The molecule has 0 radical (unpaired) electrons. The highest BCUT2D eigenvalue weighted by molar-refractivity contribution is 5.87. The minimum absolute atomic E-state index is 0.0310. The van der Waals surface area contributed by atoms with Crippen LogP contribution in [-0.2, 0) is 14.3 Å². The largest absolute Gasteiger partial charge is 0.393 e. The van der Waals surface area contributed by atoms with Crippen molar-refractivity contribution in [2.24, 2.45) is 28.6 Å². The number of hydrogen-bond acceptors (Lipinski definition) is 4. The average Bonchev–Trinajstić information content (AvgIpc) is 3.32. The number of rotatable bonds is 4. The van der Waals surface area contributed by atoms with E-state index in [1.165, 1.54) is 18.4 Å². The van der Waals surface area contributed by atoms with E-state index in [1.54, 1.807) is 7.11 Å². The second-order valence-corrected chi connectivity index (χ2v) is 10.9. The number of ether oxygens (including phenoxy) is 2. The van der Waals surface area contributed by atoms with Crippen molar-refractivity contribution in [2.75, 3.05) is 13.7 Å². The Bertz CT molecular complexity index is 693. The van der Waals surface area contributed by atoms with Crippen molar-refractivity contribution in [2.45, 2.75) is 95.9 Å². The van der Waals surface area contributed by atoms with Gasteiger partial charge in [0.15, 0.2) is 5.79 Å². The van der Waals surface area contributed by atoms with Crippen LogP contribution in [0.3, 0.4) is 0 Å². The number of aliphatic hydroxyl groups is 1. The van der Waals surface area contributed by atoms with Crippen molar-refractivity contribution in [1.29, 1.82) is 0 Å². The maximum absolute atomic E-state index is 12.7. The Balaban J connectivity index is 1.46. The fourth-order valence-electron chi connectivity index (χ4n) is 8.06. The Kier molecular flexibility index (Phi) is 5.00. The molecule has 0 aliphatic heterocycles. The SMILES string of the molecule is COC1(OC[C@]23CC[C@H](O)CC2=CC[C@@H]2[C@@H]3CC[C@]3(C)C(=O)CC[C@@H]23)CCCC1. The number of aliphatic hydroxyl groups excluding tert-OH is 1. The zero-order chi connectivity index (χ0) is 20.3. The molecule has 4 nitrogen and oxygen atoms in total. The number of carbonyl (C=O) groups excluding carboxylic acids is 1. The van der Waals surface area contributed by atoms with Crippen LogP contribution in [0.25, 0.3) is 0 Å². The fraction of sp³-hybridized carbons (Fsp3) is 0.880. The number of hydrogen-bond donors (Lipinski definition) is 1. The number of methoxy groups -OCH3 is 1. The molecule has 162 valence electrons. The van der Waals surface area contributed by atoms with Crippen LogP contribution in [0, 0.1) is 28.6 Å². The second kappa shape index (κ2) is 7.17. The van der Waals surface area contributed by atoms with Crippen molar-refractivity contribution in [1.82, 2.24) is 0 Å². The lowest BCUT2D eigenvalue weighted by Gasteiger charge is -2.58. The minimum atomic E-state index is -0.407. The Morgan fingerprint density at radius 1 is 1.10 bits per heavy atom. The molecule has 5 aliphatic carbocycles. The van der Waals surface area contributed by atoms with Gasteiger partial charge in [-0.3, -0.25) is 4.79 Å². The van der Waals surface area contributed by atoms with E-state index in [4.69, 9.17) is 9.47 Å². The van der Waals surface area contributed by atoms with Crippen LogP contribution in [0.1, 0.15) is 84.0 Å². The topological polar surface area (TPSA) is 55.8 Å². The molecule has 6 atom stereocenters. The van der Waals surface area contributed by atoms with E-state index < -0.39 is 5.79 Å². The Hall–Kier alpha value is -0.710. The predicted molar refractivity (Wildman–Crippen MR) is 111 cm³/mol. The molecular formula is C25H38O4. The van der Waals surface area contributed by atoms with Crippen LogP contribution in [-0.4, -0.2) is 36.5 Å². The van der Waals surface area contributed by atoms with Crippen LogP contribution < -0.4 is 0 Å². The lowest BCUT2D eigenvalue weighted by atomic mass is 9.47. The van der Waals surface area contributed by atoms with Gasteiger partial charge < -0.3 is 14.6 Å². The third kappa shape index (κ3) is 3.00. The Labute approximate surface area is 175 Å². The lowest BCUT2D eigenvalue weighted by Crippen LogP contribution is -2.54. The highest BCUT2D eigenvalue weighted by Gasteiger charge is 2.60. The van der Waals surface area contributed by atoms with Gasteiger partial charge in [-0.05, 0) is 75.5 Å². The van der Waals surface area contributed by atoms with Crippen molar-refractivity contribution in [3.8, 4) is 0 Å². The Morgan fingerprint density at radius 3 is 2.66 bits per heavy atom. The molecule has 0 unspecified atom stereocenters. The molecular weight excluding hydrogens is 364 g/mol. The number of carbonyl (C=O) groups is 1. The third-order valence-electron chi connectivity index (χ3n) is 9.84. The van der Waals surface area contributed by atoms with E-state index in [9.17, 15) is 9.90 Å². The summed E-state index contributed by atoms with van der Waals surface area (Å²) in [4.78, 5) is 12.7. The van der Waals surface area contributed by atoms with Crippen LogP contribution in [0.15, 0.2) is 11.6 Å². The van der Waals surface area contributed by atoms with E-state index in [-0.39, 0.29) is 16.9 Å². The van der Waals surface area contributed by atoms with Gasteiger partial charge in [-0.1, -0.05) is 18.6 Å². The predicted octanol–water partition coefficient (Wildman–Crippen LogP) is 4.79. The summed E-state index contributed by atoms with van der Waals surface area (Å²) in [5.41, 5.74) is 1.38. The van der Waals surface area contributed by atoms with E-state index in [1.807, 2.05) is 0 Å². The molecule has 0 spiro atoms. The molecule has 0 heterocycles. The zero-order valence-corrected chi connectivity index (χ0v) is 18.3. The van der Waals surface area contributed by atoms with Gasteiger partial charge in [0.1, 0.15) is 5.78 Å². The average molecular weight is 403 g/mol. The first-order valence-electron chi connectivity index (χ1n) is 12.0. The van der Waals surface area contributed by atoms with E-state index in [0.29, 0.717) is 23.5 Å². The quantitative estimate of drug-likeness (QED) is 0.542.